The Kier molecular flexibility index (Phi) is 5.97. The van der Waals surface area contributed by atoms with Crippen LogP contribution in [0.5, 0.6) is 0 Å². The van der Waals surface area contributed by atoms with Gasteiger partial charge in [-0.1, -0.05) is 13.8 Å². The molecule has 1 aromatic heterocycles. The smallest absolute Gasteiger partial charge is 0.314 e. The summed E-state index contributed by atoms with van der Waals surface area (Å²) in [5.41, 5.74) is 1.19. The van der Waals surface area contributed by atoms with Gasteiger partial charge in [0, 0.05) is 11.0 Å². The van der Waals surface area contributed by atoms with Crippen LogP contribution in [-0.4, -0.2) is 34.5 Å². The second-order valence-corrected chi connectivity index (χ2v) is 6.35. The van der Waals surface area contributed by atoms with Gasteiger partial charge in [0.25, 0.3) is 0 Å². The van der Waals surface area contributed by atoms with Gasteiger partial charge in [-0.3, -0.25) is 9.59 Å². The number of rotatable bonds is 7. The second kappa shape index (κ2) is 7.74. The highest BCUT2D eigenvalue weighted by atomic mass is 79.9. The molecule has 1 heterocycles. The van der Waals surface area contributed by atoms with Gasteiger partial charge < -0.3 is 14.9 Å². The quantitative estimate of drug-likeness (QED) is 0.739. The van der Waals surface area contributed by atoms with E-state index in [1.54, 1.807) is 0 Å². The Balaban J connectivity index is 2.23. The Hall–Kier alpha value is -1.40. The molecule has 0 aliphatic rings. The fourth-order valence-corrected chi connectivity index (χ4v) is 3.24. The molecule has 0 saturated heterocycles. The van der Waals surface area contributed by atoms with Crippen molar-refractivity contribution in [3.05, 3.63) is 42.9 Å². The largest absolute Gasteiger partial charge is 0.316 e. The summed E-state index contributed by atoms with van der Waals surface area (Å²) in [6, 6.07) is 3.94. The summed E-state index contributed by atoms with van der Waals surface area (Å²) in [6.45, 7) is 7.58. The Labute approximate surface area is 137 Å². The Morgan fingerprint density at radius 2 is 1.64 bits per heavy atom. The molecule has 22 heavy (non-hydrogen) atoms. The normalized spacial score (nSPS) is 11.5. The van der Waals surface area contributed by atoms with Crippen molar-refractivity contribution in [1.82, 2.24) is 14.9 Å². The monoisotopic (exact) mass is 367 g/mol. The highest BCUT2D eigenvalue weighted by Crippen LogP contribution is 2.21. The number of hydrogen-bond donors (Lipinski definition) is 2. The molecule has 0 bridgehead atoms. The fraction of sp³-hybridized carbons (Fsp3) is 0.500. The van der Waals surface area contributed by atoms with E-state index in [2.05, 4.69) is 44.6 Å². The zero-order valence-electron chi connectivity index (χ0n) is 13.0. The van der Waals surface area contributed by atoms with Gasteiger partial charge in [-0.2, -0.15) is 0 Å². The third kappa shape index (κ3) is 4.08. The molecule has 0 amide bonds. The van der Waals surface area contributed by atoms with E-state index >= 15 is 0 Å². The van der Waals surface area contributed by atoms with Gasteiger partial charge in [0.05, 0.1) is 11.0 Å². The summed E-state index contributed by atoms with van der Waals surface area (Å²) in [7, 11) is 0. The summed E-state index contributed by atoms with van der Waals surface area (Å²) >= 11 is 3.47. The van der Waals surface area contributed by atoms with E-state index in [1.165, 1.54) is 0 Å². The van der Waals surface area contributed by atoms with Crippen molar-refractivity contribution >= 4 is 27.0 Å². The fourth-order valence-electron chi connectivity index (χ4n) is 2.64. The Bertz CT molecular complexity index is 745. The zero-order chi connectivity index (χ0) is 16.1. The van der Waals surface area contributed by atoms with Gasteiger partial charge in [-0.15, -0.1) is 0 Å². The lowest BCUT2D eigenvalue weighted by molar-refractivity contribution is 0.278. The van der Waals surface area contributed by atoms with Crippen molar-refractivity contribution in [2.45, 2.75) is 33.1 Å². The maximum Gasteiger partial charge on any atom is 0.314 e. The number of halogens is 1. The van der Waals surface area contributed by atoms with Crippen molar-refractivity contribution < 1.29 is 0 Å². The summed E-state index contributed by atoms with van der Waals surface area (Å²) in [6.07, 6.45) is 3.21. The van der Waals surface area contributed by atoms with E-state index in [1.807, 2.05) is 12.1 Å². The maximum atomic E-state index is 11.5. The minimum absolute atomic E-state index is 0.616. The molecule has 0 spiro atoms. The van der Waals surface area contributed by atoms with Crippen LogP contribution >= 0.6 is 15.9 Å². The average Bonchev–Trinajstić information content (AvgIpc) is 2.47. The number of nitrogens with one attached hydrogen (secondary N) is 2. The summed E-state index contributed by atoms with van der Waals surface area (Å²) in [5.74, 6) is 0. The SMILES string of the molecule is CCCN(CCC)CCc1cc(Br)c2[nH]c(=O)c(=O)[nH]c2c1. The Morgan fingerprint density at radius 3 is 2.27 bits per heavy atom. The first-order valence-electron chi connectivity index (χ1n) is 7.72. The molecule has 0 aliphatic carbocycles. The second-order valence-electron chi connectivity index (χ2n) is 5.50. The number of nitrogens with zero attached hydrogens (tertiary/aromatic N) is 1. The molecule has 0 fully saturated rings. The number of H-pyrrole nitrogens is 2. The van der Waals surface area contributed by atoms with Crippen molar-refractivity contribution in [2.24, 2.45) is 0 Å². The van der Waals surface area contributed by atoms with Crippen LogP contribution in [0.1, 0.15) is 32.3 Å². The molecule has 5 nitrogen and oxygen atoms in total. The highest BCUT2D eigenvalue weighted by molar-refractivity contribution is 9.10. The first-order valence-corrected chi connectivity index (χ1v) is 8.51. The molecule has 0 radical (unpaired) electrons. The number of benzene rings is 1. The zero-order valence-corrected chi connectivity index (χ0v) is 14.6. The van der Waals surface area contributed by atoms with Gasteiger partial charge in [-0.05, 0) is 66.0 Å². The summed E-state index contributed by atoms with van der Waals surface area (Å²) < 4.78 is 0.797. The molecule has 0 saturated carbocycles. The van der Waals surface area contributed by atoms with Gasteiger partial charge in [0.15, 0.2) is 0 Å². The topological polar surface area (TPSA) is 69.0 Å². The minimum atomic E-state index is -0.627. The van der Waals surface area contributed by atoms with E-state index in [4.69, 9.17) is 0 Å². The molecule has 0 aliphatic heterocycles. The highest BCUT2D eigenvalue weighted by Gasteiger charge is 2.08. The van der Waals surface area contributed by atoms with Gasteiger partial charge in [0.2, 0.25) is 0 Å². The number of aromatic nitrogens is 2. The standard InChI is InChI=1S/C16H22BrN3O2/c1-3-6-20(7-4-2)8-5-11-9-12(17)14-13(10-11)18-15(21)16(22)19-14/h9-10H,3-8H2,1-2H3,(H,18,21)(H,19,22). The van der Waals surface area contributed by atoms with Crippen LogP contribution in [0, 0.1) is 0 Å². The molecule has 2 rings (SSSR count). The number of fused-ring (bicyclic) bond motifs is 1. The van der Waals surface area contributed by atoms with E-state index in [0.717, 1.165) is 48.9 Å². The number of aromatic amines is 2. The molecule has 2 N–H and O–H groups in total. The van der Waals surface area contributed by atoms with Crippen molar-refractivity contribution in [3.63, 3.8) is 0 Å². The van der Waals surface area contributed by atoms with Crippen molar-refractivity contribution in [1.29, 1.82) is 0 Å². The summed E-state index contributed by atoms with van der Waals surface area (Å²) in [5, 5.41) is 0. The molecule has 1 aromatic carbocycles. The van der Waals surface area contributed by atoms with E-state index in [9.17, 15) is 9.59 Å². The van der Waals surface area contributed by atoms with Gasteiger partial charge >= 0.3 is 11.1 Å². The molecule has 0 unspecified atom stereocenters. The van der Waals surface area contributed by atoms with Crippen LogP contribution < -0.4 is 11.1 Å². The third-order valence-corrected chi connectivity index (χ3v) is 4.26. The molecule has 6 heteroatoms. The van der Waals surface area contributed by atoms with E-state index < -0.39 is 11.1 Å². The predicted octanol–water partition coefficient (Wildman–Crippen LogP) is 2.64. The lowest BCUT2D eigenvalue weighted by Crippen LogP contribution is -2.29. The van der Waals surface area contributed by atoms with Crippen LogP contribution in [-0.2, 0) is 6.42 Å². The molecule has 2 aromatic rings. The van der Waals surface area contributed by atoms with Gasteiger partial charge in [-0.25, -0.2) is 0 Å². The van der Waals surface area contributed by atoms with Crippen LogP contribution in [0.3, 0.4) is 0 Å². The predicted molar refractivity (Wildman–Crippen MR) is 93.6 cm³/mol. The Morgan fingerprint density at radius 1 is 1.00 bits per heavy atom. The van der Waals surface area contributed by atoms with E-state index in [0.29, 0.717) is 11.0 Å². The third-order valence-electron chi connectivity index (χ3n) is 3.64. The first kappa shape index (κ1) is 17.0. The molecule has 0 atom stereocenters. The van der Waals surface area contributed by atoms with Gasteiger partial charge in [0.1, 0.15) is 0 Å². The lowest BCUT2D eigenvalue weighted by Gasteiger charge is -2.21. The van der Waals surface area contributed by atoms with Crippen LogP contribution in [0.4, 0.5) is 0 Å². The molecular weight excluding hydrogens is 346 g/mol. The van der Waals surface area contributed by atoms with Crippen molar-refractivity contribution in [3.8, 4) is 0 Å². The first-order chi connectivity index (χ1) is 10.5. The average molecular weight is 368 g/mol. The number of hydrogen-bond acceptors (Lipinski definition) is 3. The molecule has 120 valence electrons. The lowest BCUT2D eigenvalue weighted by atomic mass is 10.1. The molecular formula is C16H22BrN3O2. The van der Waals surface area contributed by atoms with Crippen LogP contribution in [0.15, 0.2) is 26.2 Å². The minimum Gasteiger partial charge on any atom is -0.316 e. The van der Waals surface area contributed by atoms with Crippen LogP contribution in [0.25, 0.3) is 11.0 Å². The maximum absolute atomic E-state index is 11.5. The van der Waals surface area contributed by atoms with Crippen molar-refractivity contribution in [2.75, 3.05) is 19.6 Å². The van der Waals surface area contributed by atoms with E-state index in [-0.39, 0.29) is 0 Å². The summed E-state index contributed by atoms with van der Waals surface area (Å²) in [4.78, 5) is 30.6. The van der Waals surface area contributed by atoms with Crippen LogP contribution in [0.2, 0.25) is 0 Å².